The highest BCUT2D eigenvalue weighted by Gasteiger charge is 2.07. The van der Waals surface area contributed by atoms with Crippen LogP contribution in [-0.2, 0) is 0 Å². The van der Waals surface area contributed by atoms with Crippen molar-refractivity contribution in [2.45, 2.75) is 6.42 Å². The monoisotopic (exact) mass is 286 g/mol. The van der Waals surface area contributed by atoms with E-state index in [-0.39, 0.29) is 0 Å². The summed E-state index contributed by atoms with van der Waals surface area (Å²) in [6.45, 7) is 1.52. The van der Waals surface area contributed by atoms with Gasteiger partial charge in [-0.05, 0) is 12.2 Å². The Labute approximate surface area is 123 Å². The van der Waals surface area contributed by atoms with Crippen molar-refractivity contribution in [1.82, 2.24) is 0 Å². The fourth-order valence-electron chi connectivity index (χ4n) is 1.96. The van der Waals surface area contributed by atoms with Crippen LogP contribution in [0, 0.1) is 0 Å². The van der Waals surface area contributed by atoms with Crippen LogP contribution in [0.15, 0.2) is 58.2 Å². The molecule has 2 aliphatic heterocycles. The highest BCUT2D eigenvalue weighted by atomic mass is 16.4. The zero-order chi connectivity index (χ0) is 14.9. The van der Waals surface area contributed by atoms with Crippen LogP contribution in [0.4, 0.5) is 0 Å². The van der Waals surface area contributed by atoms with Crippen LogP contribution in [0.2, 0.25) is 0 Å². The Hall–Kier alpha value is -2.76. The van der Waals surface area contributed by atoms with E-state index in [2.05, 4.69) is 31.9 Å². The van der Waals surface area contributed by atoms with Crippen molar-refractivity contribution >= 4 is 24.9 Å². The largest absolute Gasteiger partial charge is 0.411 e. The number of rotatable bonds is 4. The van der Waals surface area contributed by atoms with E-state index in [1.807, 2.05) is 36.7 Å². The SMILES string of the molecule is ON=CC1=CC[N+](=CCC=[N+]2C=CC(C=NO)=CC2)C=C1. The Morgan fingerprint density at radius 3 is 1.71 bits per heavy atom. The molecule has 0 radical (unpaired) electrons. The maximum absolute atomic E-state index is 8.45. The summed E-state index contributed by atoms with van der Waals surface area (Å²) < 4.78 is 4.14. The molecule has 0 spiro atoms. The van der Waals surface area contributed by atoms with E-state index in [1.165, 1.54) is 12.4 Å². The normalized spacial score (nSPS) is 22.5. The zero-order valence-electron chi connectivity index (χ0n) is 11.6. The van der Waals surface area contributed by atoms with Crippen molar-refractivity contribution in [3.05, 3.63) is 47.9 Å². The van der Waals surface area contributed by atoms with Gasteiger partial charge in [0.15, 0.2) is 37.9 Å². The van der Waals surface area contributed by atoms with Crippen LogP contribution in [0.5, 0.6) is 0 Å². The number of oxime groups is 2. The lowest BCUT2D eigenvalue weighted by Gasteiger charge is -2.01. The van der Waals surface area contributed by atoms with Gasteiger partial charge in [-0.15, -0.1) is 0 Å². The second kappa shape index (κ2) is 7.74. The van der Waals surface area contributed by atoms with Crippen LogP contribution >= 0.6 is 0 Å². The summed E-state index contributed by atoms with van der Waals surface area (Å²) in [6, 6.07) is 0. The molecule has 0 aromatic rings. The first-order valence-electron chi connectivity index (χ1n) is 6.61. The number of nitrogens with zero attached hydrogens (tertiary/aromatic N) is 4. The summed E-state index contributed by atoms with van der Waals surface area (Å²) in [5, 5.41) is 22.9. The Bertz CT molecular complexity index is 566. The van der Waals surface area contributed by atoms with Gasteiger partial charge in [0.25, 0.3) is 0 Å². The first-order valence-corrected chi connectivity index (χ1v) is 6.61. The average molecular weight is 286 g/mol. The van der Waals surface area contributed by atoms with Crippen LogP contribution in [0.3, 0.4) is 0 Å². The molecule has 2 heterocycles. The summed E-state index contributed by atoms with van der Waals surface area (Å²) >= 11 is 0. The van der Waals surface area contributed by atoms with E-state index >= 15 is 0 Å². The molecule has 108 valence electrons. The van der Waals surface area contributed by atoms with Gasteiger partial charge in [-0.1, -0.05) is 10.3 Å². The van der Waals surface area contributed by atoms with Crippen molar-refractivity contribution in [3.8, 4) is 0 Å². The Kier molecular flexibility index (Phi) is 5.40. The fraction of sp³-hybridized carbons (Fsp3) is 0.200. The summed E-state index contributed by atoms with van der Waals surface area (Å²) in [5.41, 5.74) is 1.79. The molecular formula is C15H18N4O2+2. The van der Waals surface area contributed by atoms with Crippen molar-refractivity contribution in [2.24, 2.45) is 10.3 Å². The minimum absolute atomic E-state index is 0.762. The third-order valence-corrected chi connectivity index (χ3v) is 3.09. The number of hydrogen-bond donors (Lipinski definition) is 2. The Balaban J connectivity index is 1.86. The van der Waals surface area contributed by atoms with Gasteiger partial charge in [0.05, 0.1) is 12.4 Å². The molecule has 2 rings (SSSR count). The second-order valence-electron chi connectivity index (χ2n) is 4.52. The molecule has 0 aromatic heterocycles. The first kappa shape index (κ1) is 14.6. The molecule has 6 heteroatoms. The van der Waals surface area contributed by atoms with E-state index in [4.69, 9.17) is 10.4 Å². The molecule has 0 aromatic carbocycles. The second-order valence-corrected chi connectivity index (χ2v) is 4.52. The molecule has 0 unspecified atom stereocenters. The smallest absolute Gasteiger partial charge is 0.169 e. The quantitative estimate of drug-likeness (QED) is 0.355. The maximum Gasteiger partial charge on any atom is 0.169 e. The highest BCUT2D eigenvalue weighted by molar-refractivity contribution is 5.82. The molecule has 0 atom stereocenters. The molecular weight excluding hydrogens is 268 g/mol. The van der Waals surface area contributed by atoms with Gasteiger partial charge < -0.3 is 10.4 Å². The first-order chi connectivity index (χ1) is 10.3. The molecule has 0 saturated heterocycles. The summed E-state index contributed by atoms with van der Waals surface area (Å²) in [6.07, 6.45) is 19.5. The molecule has 6 nitrogen and oxygen atoms in total. The predicted octanol–water partition coefficient (Wildman–Crippen LogP) is 1.37. The molecule has 2 N–H and O–H groups in total. The van der Waals surface area contributed by atoms with Gasteiger partial charge >= 0.3 is 0 Å². The van der Waals surface area contributed by atoms with Crippen LogP contribution in [0.1, 0.15) is 6.42 Å². The minimum Gasteiger partial charge on any atom is -0.411 e. The average Bonchev–Trinajstić information content (AvgIpc) is 2.51. The Morgan fingerprint density at radius 1 is 0.905 bits per heavy atom. The van der Waals surface area contributed by atoms with E-state index in [9.17, 15) is 0 Å². The third-order valence-electron chi connectivity index (χ3n) is 3.09. The zero-order valence-corrected chi connectivity index (χ0v) is 11.6. The van der Waals surface area contributed by atoms with E-state index < -0.39 is 0 Å². The van der Waals surface area contributed by atoms with E-state index in [1.54, 1.807) is 0 Å². The van der Waals surface area contributed by atoms with Gasteiger partial charge in [0.1, 0.15) is 6.42 Å². The third kappa shape index (κ3) is 4.68. The summed E-state index contributed by atoms with van der Waals surface area (Å²) in [5.74, 6) is 0. The van der Waals surface area contributed by atoms with Crippen molar-refractivity contribution in [3.63, 3.8) is 0 Å². The van der Waals surface area contributed by atoms with Gasteiger partial charge in [0, 0.05) is 23.3 Å². The lowest BCUT2D eigenvalue weighted by atomic mass is 10.2. The molecule has 2 aliphatic rings. The molecule has 0 amide bonds. The molecule has 21 heavy (non-hydrogen) atoms. The summed E-state index contributed by atoms with van der Waals surface area (Å²) in [7, 11) is 0. The summed E-state index contributed by atoms with van der Waals surface area (Å²) in [4.78, 5) is 0. The topological polar surface area (TPSA) is 71.2 Å². The number of allylic oxidation sites excluding steroid dienone is 4. The van der Waals surface area contributed by atoms with E-state index in [0.29, 0.717) is 0 Å². The lowest BCUT2D eigenvalue weighted by Crippen LogP contribution is -2.14. The van der Waals surface area contributed by atoms with Crippen molar-refractivity contribution < 1.29 is 19.6 Å². The van der Waals surface area contributed by atoms with Gasteiger partial charge in [0.2, 0.25) is 0 Å². The standard InChI is InChI=1S/C15H16N4O2/c20-16-12-14-2-8-18(9-3-14)6-1-7-19-10-4-15(5-11-19)13-17-21/h2-8,10,12-13H,1,9,11H2/p+2. The highest BCUT2D eigenvalue weighted by Crippen LogP contribution is 2.01. The maximum atomic E-state index is 8.45. The minimum atomic E-state index is 0.762. The van der Waals surface area contributed by atoms with Crippen LogP contribution in [-0.4, -0.2) is 57.5 Å². The molecule has 0 fully saturated rings. The Morgan fingerprint density at radius 2 is 1.38 bits per heavy atom. The van der Waals surface area contributed by atoms with Gasteiger partial charge in [-0.25, -0.2) is 9.15 Å². The van der Waals surface area contributed by atoms with Crippen molar-refractivity contribution in [2.75, 3.05) is 13.1 Å². The van der Waals surface area contributed by atoms with Crippen LogP contribution in [0.25, 0.3) is 0 Å². The van der Waals surface area contributed by atoms with Gasteiger partial charge in [-0.3, -0.25) is 0 Å². The van der Waals surface area contributed by atoms with E-state index in [0.717, 1.165) is 30.7 Å². The number of hydrogen-bond acceptors (Lipinski definition) is 4. The molecule has 0 saturated carbocycles. The molecule has 0 bridgehead atoms. The van der Waals surface area contributed by atoms with Gasteiger partial charge in [-0.2, -0.15) is 0 Å². The fourth-order valence-corrected chi connectivity index (χ4v) is 1.96. The molecule has 0 aliphatic carbocycles. The van der Waals surface area contributed by atoms with Crippen molar-refractivity contribution in [1.29, 1.82) is 0 Å². The van der Waals surface area contributed by atoms with Crippen LogP contribution < -0.4 is 0 Å². The lowest BCUT2D eigenvalue weighted by molar-refractivity contribution is -0.447. The predicted molar refractivity (Wildman–Crippen MR) is 82.0 cm³/mol.